The first-order valence-corrected chi connectivity index (χ1v) is 7.25. The second kappa shape index (κ2) is 6.13. The number of hydrogen-bond acceptors (Lipinski definition) is 5. The van der Waals surface area contributed by atoms with E-state index in [9.17, 15) is 4.79 Å². The van der Waals surface area contributed by atoms with Crippen molar-refractivity contribution in [2.45, 2.75) is 13.5 Å². The highest BCUT2D eigenvalue weighted by Gasteiger charge is 2.26. The summed E-state index contributed by atoms with van der Waals surface area (Å²) in [6, 6.07) is 3.76. The fraction of sp³-hybridized carbons (Fsp3) is 0.250. The number of H-pyrrole nitrogens is 1. The molecule has 3 rings (SSSR count). The monoisotopic (exact) mass is 310 g/mol. The van der Waals surface area contributed by atoms with Gasteiger partial charge in [-0.2, -0.15) is 5.10 Å². The van der Waals surface area contributed by atoms with Crippen LogP contribution < -0.4 is 5.43 Å². The molecule has 0 saturated heterocycles. The van der Waals surface area contributed by atoms with Gasteiger partial charge in [0.2, 0.25) is 0 Å². The zero-order valence-corrected chi connectivity index (χ0v) is 13.3. The number of aryl methyl sites for hydroxylation is 1. The predicted molar refractivity (Wildman–Crippen MR) is 87.6 cm³/mol. The SMILES string of the molecule is Cc1[nH]c(C=C2C(=O)NN=C2c2ncccn2)cc1CN(C)C. The zero-order chi connectivity index (χ0) is 16.4. The fourth-order valence-electron chi connectivity index (χ4n) is 2.43. The molecule has 2 aromatic heterocycles. The molecule has 0 saturated carbocycles. The Morgan fingerprint density at radius 3 is 2.70 bits per heavy atom. The highest BCUT2D eigenvalue weighted by atomic mass is 16.2. The maximum atomic E-state index is 12.1. The molecule has 0 aliphatic carbocycles. The topological polar surface area (TPSA) is 86.3 Å². The Bertz CT molecular complexity index is 788. The highest BCUT2D eigenvalue weighted by Crippen LogP contribution is 2.18. The van der Waals surface area contributed by atoms with E-state index in [-0.39, 0.29) is 5.91 Å². The van der Waals surface area contributed by atoms with E-state index in [1.165, 1.54) is 5.56 Å². The summed E-state index contributed by atoms with van der Waals surface area (Å²) >= 11 is 0. The molecule has 1 aliphatic heterocycles. The van der Waals surface area contributed by atoms with Crippen LogP contribution in [-0.4, -0.2) is 45.6 Å². The number of hydrazone groups is 1. The minimum Gasteiger partial charge on any atom is -0.359 e. The van der Waals surface area contributed by atoms with Crippen molar-refractivity contribution < 1.29 is 4.79 Å². The lowest BCUT2D eigenvalue weighted by Gasteiger charge is -2.07. The van der Waals surface area contributed by atoms with Crippen LogP contribution in [0.4, 0.5) is 0 Å². The van der Waals surface area contributed by atoms with E-state index in [2.05, 4.69) is 30.4 Å². The molecule has 1 amide bonds. The second-order valence-electron chi connectivity index (χ2n) is 5.64. The molecule has 7 heteroatoms. The van der Waals surface area contributed by atoms with Gasteiger partial charge < -0.3 is 9.88 Å². The van der Waals surface area contributed by atoms with E-state index in [1.54, 1.807) is 24.5 Å². The number of amides is 1. The number of rotatable bonds is 4. The van der Waals surface area contributed by atoms with Crippen molar-refractivity contribution in [2.24, 2.45) is 5.10 Å². The van der Waals surface area contributed by atoms with Crippen LogP contribution >= 0.6 is 0 Å². The van der Waals surface area contributed by atoms with E-state index in [0.717, 1.165) is 17.9 Å². The molecule has 2 aromatic rings. The van der Waals surface area contributed by atoms with Crippen molar-refractivity contribution in [3.05, 3.63) is 52.9 Å². The van der Waals surface area contributed by atoms with Crippen molar-refractivity contribution in [3.63, 3.8) is 0 Å². The van der Waals surface area contributed by atoms with Crippen LogP contribution in [0.2, 0.25) is 0 Å². The van der Waals surface area contributed by atoms with Crippen LogP contribution in [0.15, 0.2) is 35.2 Å². The van der Waals surface area contributed by atoms with Crippen molar-refractivity contribution in [1.82, 2.24) is 25.3 Å². The molecule has 0 aromatic carbocycles. The lowest BCUT2D eigenvalue weighted by Crippen LogP contribution is -2.14. The summed E-state index contributed by atoms with van der Waals surface area (Å²) in [6.07, 6.45) is 5.03. The van der Waals surface area contributed by atoms with Crippen LogP contribution in [0.5, 0.6) is 0 Å². The Labute approximate surface area is 134 Å². The van der Waals surface area contributed by atoms with Crippen molar-refractivity contribution in [3.8, 4) is 0 Å². The number of nitrogens with zero attached hydrogens (tertiary/aromatic N) is 4. The predicted octanol–water partition coefficient (Wildman–Crippen LogP) is 1.09. The maximum absolute atomic E-state index is 12.1. The molecule has 0 fully saturated rings. The molecule has 23 heavy (non-hydrogen) atoms. The average molecular weight is 310 g/mol. The molecule has 0 radical (unpaired) electrons. The first-order chi connectivity index (χ1) is 11.0. The lowest BCUT2D eigenvalue weighted by molar-refractivity contribution is -0.116. The number of carbonyl (C=O) groups is 1. The number of carbonyl (C=O) groups excluding carboxylic acids is 1. The van der Waals surface area contributed by atoms with Gasteiger partial charge in [-0.25, -0.2) is 15.4 Å². The van der Waals surface area contributed by atoms with Crippen molar-refractivity contribution in [1.29, 1.82) is 0 Å². The third-order valence-corrected chi connectivity index (χ3v) is 3.48. The third kappa shape index (κ3) is 3.19. The molecular weight excluding hydrogens is 292 g/mol. The van der Waals surface area contributed by atoms with Gasteiger partial charge in [0.05, 0.1) is 5.57 Å². The van der Waals surface area contributed by atoms with Crippen molar-refractivity contribution >= 4 is 17.7 Å². The minimum atomic E-state index is -0.256. The van der Waals surface area contributed by atoms with Gasteiger partial charge in [0, 0.05) is 30.3 Å². The van der Waals surface area contributed by atoms with Gasteiger partial charge in [-0.3, -0.25) is 4.79 Å². The van der Waals surface area contributed by atoms with Crippen LogP contribution in [-0.2, 0) is 11.3 Å². The molecule has 118 valence electrons. The standard InChI is InChI=1S/C16H18N6O/c1-10-11(9-22(2)3)7-12(19-10)8-13-14(20-21-16(13)23)15-17-5-4-6-18-15/h4-8,19H,9H2,1-3H3,(H,21,23). The van der Waals surface area contributed by atoms with Gasteiger partial charge in [-0.1, -0.05) is 0 Å². The molecule has 3 heterocycles. The van der Waals surface area contributed by atoms with Gasteiger partial charge >= 0.3 is 0 Å². The quantitative estimate of drug-likeness (QED) is 0.828. The Morgan fingerprint density at radius 1 is 1.26 bits per heavy atom. The summed E-state index contributed by atoms with van der Waals surface area (Å²) in [5, 5.41) is 4.04. The second-order valence-corrected chi connectivity index (χ2v) is 5.64. The Kier molecular flexibility index (Phi) is 4.03. The van der Waals surface area contributed by atoms with Gasteiger partial charge in [-0.05, 0) is 44.8 Å². The van der Waals surface area contributed by atoms with Crippen LogP contribution in [0.3, 0.4) is 0 Å². The molecule has 0 bridgehead atoms. The van der Waals surface area contributed by atoms with E-state index in [0.29, 0.717) is 17.1 Å². The fourth-order valence-corrected chi connectivity index (χ4v) is 2.43. The molecule has 2 N–H and O–H groups in total. The normalized spacial score (nSPS) is 16.1. The Morgan fingerprint density at radius 2 is 2.00 bits per heavy atom. The summed E-state index contributed by atoms with van der Waals surface area (Å²) in [6.45, 7) is 2.85. The Balaban J connectivity index is 1.94. The average Bonchev–Trinajstić information content (AvgIpc) is 3.04. The molecule has 0 atom stereocenters. The van der Waals surface area contributed by atoms with Crippen LogP contribution in [0.25, 0.3) is 6.08 Å². The number of nitrogens with one attached hydrogen (secondary N) is 2. The number of hydrogen-bond donors (Lipinski definition) is 2. The highest BCUT2D eigenvalue weighted by molar-refractivity contribution is 6.32. The van der Waals surface area contributed by atoms with E-state index in [1.807, 2.05) is 27.1 Å². The van der Waals surface area contributed by atoms with Gasteiger partial charge in [0.25, 0.3) is 5.91 Å². The number of aromatic amines is 1. The van der Waals surface area contributed by atoms with E-state index in [4.69, 9.17) is 0 Å². The van der Waals surface area contributed by atoms with E-state index >= 15 is 0 Å². The summed E-state index contributed by atoms with van der Waals surface area (Å²) < 4.78 is 0. The van der Waals surface area contributed by atoms with E-state index < -0.39 is 0 Å². The summed E-state index contributed by atoms with van der Waals surface area (Å²) in [4.78, 5) is 25.8. The minimum absolute atomic E-state index is 0.256. The first kappa shape index (κ1) is 15.1. The summed E-state index contributed by atoms with van der Waals surface area (Å²) in [5.41, 5.74) is 6.51. The molecule has 0 spiro atoms. The van der Waals surface area contributed by atoms with Gasteiger partial charge in [0.1, 0.15) is 5.71 Å². The molecule has 0 unspecified atom stereocenters. The maximum Gasteiger partial charge on any atom is 0.273 e. The lowest BCUT2D eigenvalue weighted by atomic mass is 10.1. The van der Waals surface area contributed by atoms with Crippen molar-refractivity contribution in [2.75, 3.05) is 14.1 Å². The zero-order valence-electron chi connectivity index (χ0n) is 13.3. The van der Waals surface area contributed by atoms with Crippen LogP contribution in [0, 0.1) is 6.92 Å². The van der Waals surface area contributed by atoms with Gasteiger partial charge in [-0.15, -0.1) is 0 Å². The summed E-state index contributed by atoms with van der Waals surface area (Å²) in [7, 11) is 4.04. The smallest absolute Gasteiger partial charge is 0.273 e. The molecule has 7 nitrogen and oxygen atoms in total. The Hall–Kier alpha value is -2.80. The molecule has 1 aliphatic rings. The first-order valence-electron chi connectivity index (χ1n) is 7.25. The summed E-state index contributed by atoms with van der Waals surface area (Å²) in [5.74, 6) is 0.169. The van der Waals surface area contributed by atoms with Crippen LogP contribution in [0.1, 0.15) is 22.8 Å². The number of aromatic nitrogens is 3. The van der Waals surface area contributed by atoms with Gasteiger partial charge in [0.15, 0.2) is 5.82 Å². The largest absolute Gasteiger partial charge is 0.359 e. The molecular formula is C16H18N6O. The third-order valence-electron chi connectivity index (χ3n) is 3.48.